The van der Waals surface area contributed by atoms with Crippen LogP contribution in [0.1, 0.15) is 34.3 Å². The number of para-hydroxylation sites is 1. The molecule has 0 aliphatic carbocycles. The zero-order chi connectivity index (χ0) is 26.2. The molecule has 6 heteroatoms. The van der Waals surface area contributed by atoms with E-state index in [1.807, 2.05) is 36.4 Å². The van der Waals surface area contributed by atoms with E-state index in [2.05, 4.69) is 63.1 Å². The molecule has 0 saturated heterocycles. The second kappa shape index (κ2) is 11.8. The van der Waals surface area contributed by atoms with Gasteiger partial charge in [0.2, 0.25) is 0 Å². The Morgan fingerprint density at radius 1 is 0.816 bits per heavy atom. The summed E-state index contributed by atoms with van der Waals surface area (Å²) in [5.74, 6) is 0.631. The van der Waals surface area contributed by atoms with Crippen LogP contribution in [0.25, 0.3) is 22.0 Å². The molecular formula is C32H27N5O. The molecule has 0 aliphatic rings. The molecule has 1 amide bonds. The molecule has 2 N–H and O–H groups in total. The van der Waals surface area contributed by atoms with Crippen LogP contribution in [-0.2, 0) is 6.42 Å². The van der Waals surface area contributed by atoms with E-state index in [1.54, 1.807) is 30.6 Å². The first-order valence-electron chi connectivity index (χ1n) is 12.6. The predicted octanol–water partition coefficient (Wildman–Crippen LogP) is 6.66. The fourth-order valence-corrected chi connectivity index (χ4v) is 4.39. The highest BCUT2D eigenvalue weighted by Crippen LogP contribution is 2.29. The Labute approximate surface area is 222 Å². The molecule has 0 fully saturated rings. The van der Waals surface area contributed by atoms with Crippen LogP contribution in [0.2, 0.25) is 0 Å². The number of aryl methyl sites for hydroxylation is 1. The largest absolute Gasteiger partial charge is 0.352 e. The fourth-order valence-electron chi connectivity index (χ4n) is 4.39. The number of unbranched alkanes of at least 4 members (excludes halogenated alkanes) is 1. The van der Waals surface area contributed by atoms with E-state index < -0.39 is 0 Å². The quantitative estimate of drug-likeness (QED) is 0.222. The van der Waals surface area contributed by atoms with Gasteiger partial charge in [-0.25, -0.2) is 9.97 Å². The molecule has 4 aromatic carbocycles. The summed E-state index contributed by atoms with van der Waals surface area (Å²) in [6.07, 6.45) is 4.33. The van der Waals surface area contributed by atoms with Gasteiger partial charge >= 0.3 is 0 Å². The molecular weight excluding hydrogens is 470 g/mol. The lowest BCUT2D eigenvalue weighted by molar-refractivity contribution is 0.0953. The van der Waals surface area contributed by atoms with Crippen LogP contribution in [-0.4, -0.2) is 22.4 Å². The van der Waals surface area contributed by atoms with Crippen LogP contribution in [0.5, 0.6) is 0 Å². The van der Waals surface area contributed by atoms with Crippen LogP contribution >= 0.6 is 0 Å². The Morgan fingerprint density at radius 2 is 1.66 bits per heavy atom. The number of nitrogens with zero attached hydrogens (tertiary/aromatic N) is 3. The number of nitriles is 1. The van der Waals surface area contributed by atoms with Crippen LogP contribution in [0.3, 0.4) is 0 Å². The minimum absolute atomic E-state index is 0.148. The molecule has 0 bridgehead atoms. The molecule has 1 heterocycles. The standard InChI is InChI=1S/C32H27N5O/c33-21-24-10-7-12-27(19-24)32(38)34-17-5-4-8-23-9-6-11-25(18-23)26-15-16-30-29(20-26)31(36-22-35-30)37-28-13-2-1-3-14-28/h1-3,6-7,9-16,18-20,22H,4-5,8,17H2,(H,34,38)(H,35,36,37). The average molecular weight is 498 g/mol. The molecule has 186 valence electrons. The maximum absolute atomic E-state index is 12.3. The van der Waals surface area contributed by atoms with Crippen molar-refractivity contribution in [2.75, 3.05) is 11.9 Å². The molecule has 6 nitrogen and oxygen atoms in total. The van der Waals surface area contributed by atoms with Crippen LogP contribution in [0, 0.1) is 11.3 Å². The number of rotatable bonds is 9. The molecule has 0 atom stereocenters. The lowest BCUT2D eigenvalue weighted by Gasteiger charge is -2.11. The van der Waals surface area contributed by atoms with Gasteiger partial charge in [-0.2, -0.15) is 5.26 Å². The Kier molecular flexibility index (Phi) is 7.67. The first-order valence-corrected chi connectivity index (χ1v) is 12.6. The van der Waals surface area contributed by atoms with Crippen molar-refractivity contribution in [2.45, 2.75) is 19.3 Å². The molecule has 0 saturated carbocycles. The van der Waals surface area contributed by atoms with Gasteiger partial charge < -0.3 is 10.6 Å². The third-order valence-electron chi connectivity index (χ3n) is 6.36. The lowest BCUT2D eigenvalue weighted by atomic mass is 9.99. The molecule has 0 radical (unpaired) electrons. The summed E-state index contributed by atoms with van der Waals surface area (Å²) in [7, 11) is 0. The molecule has 0 aliphatic heterocycles. The first kappa shape index (κ1) is 24.7. The second-order valence-corrected chi connectivity index (χ2v) is 9.05. The van der Waals surface area contributed by atoms with Gasteiger partial charge in [-0.05, 0) is 78.4 Å². The average Bonchev–Trinajstić information content (AvgIpc) is 2.97. The van der Waals surface area contributed by atoms with E-state index in [0.29, 0.717) is 17.7 Å². The molecule has 0 spiro atoms. The minimum atomic E-state index is -0.148. The smallest absolute Gasteiger partial charge is 0.251 e. The highest BCUT2D eigenvalue weighted by atomic mass is 16.1. The number of nitrogens with one attached hydrogen (secondary N) is 2. The predicted molar refractivity (Wildman–Crippen MR) is 151 cm³/mol. The van der Waals surface area contributed by atoms with Gasteiger partial charge in [-0.1, -0.05) is 54.6 Å². The third-order valence-corrected chi connectivity index (χ3v) is 6.36. The number of carbonyl (C=O) groups is 1. The second-order valence-electron chi connectivity index (χ2n) is 9.05. The molecule has 1 aromatic heterocycles. The van der Waals surface area contributed by atoms with Gasteiger partial charge in [-0.3, -0.25) is 4.79 Å². The normalized spacial score (nSPS) is 10.6. The lowest BCUT2D eigenvalue weighted by Crippen LogP contribution is -2.24. The number of aromatic nitrogens is 2. The van der Waals surface area contributed by atoms with Crippen molar-refractivity contribution in [3.63, 3.8) is 0 Å². The SMILES string of the molecule is N#Cc1cccc(C(=O)NCCCCc2cccc(-c3ccc4ncnc(Nc5ccccc5)c4c3)c2)c1. The van der Waals surface area contributed by atoms with Crippen LogP contribution in [0.4, 0.5) is 11.5 Å². The minimum Gasteiger partial charge on any atom is -0.352 e. The van der Waals surface area contributed by atoms with E-state index >= 15 is 0 Å². The highest BCUT2D eigenvalue weighted by Gasteiger charge is 2.08. The number of benzene rings is 4. The summed E-state index contributed by atoms with van der Waals surface area (Å²) in [5, 5.41) is 16.3. The number of hydrogen-bond acceptors (Lipinski definition) is 5. The van der Waals surface area contributed by atoms with Crippen molar-refractivity contribution in [2.24, 2.45) is 0 Å². The first-order chi connectivity index (χ1) is 18.7. The van der Waals surface area contributed by atoms with E-state index in [9.17, 15) is 4.79 Å². The van der Waals surface area contributed by atoms with Crippen molar-refractivity contribution in [1.29, 1.82) is 5.26 Å². The molecule has 0 unspecified atom stereocenters. The zero-order valence-corrected chi connectivity index (χ0v) is 20.9. The maximum Gasteiger partial charge on any atom is 0.251 e. The maximum atomic E-state index is 12.3. The topological polar surface area (TPSA) is 90.7 Å². The molecule has 38 heavy (non-hydrogen) atoms. The van der Waals surface area contributed by atoms with E-state index in [-0.39, 0.29) is 5.91 Å². The van der Waals surface area contributed by atoms with Gasteiger partial charge in [0.15, 0.2) is 0 Å². The Bertz CT molecular complexity index is 1610. The fraction of sp³-hybridized carbons (Fsp3) is 0.125. The summed E-state index contributed by atoms with van der Waals surface area (Å²) in [4.78, 5) is 21.3. The number of fused-ring (bicyclic) bond motifs is 1. The highest BCUT2D eigenvalue weighted by molar-refractivity contribution is 5.95. The van der Waals surface area contributed by atoms with Gasteiger partial charge in [0.05, 0.1) is 17.1 Å². The van der Waals surface area contributed by atoms with Crippen molar-refractivity contribution >= 4 is 28.3 Å². The number of hydrogen-bond donors (Lipinski definition) is 2. The van der Waals surface area contributed by atoms with Gasteiger partial charge in [0.25, 0.3) is 5.91 Å². The van der Waals surface area contributed by atoms with Crippen molar-refractivity contribution < 1.29 is 4.79 Å². The van der Waals surface area contributed by atoms with Gasteiger partial charge in [0, 0.05) is 23.2 Å². The summed E-state index contributed by atoms with van der Waals surface area (Å²) in [6, 6.07) is 33.6. The van der Waals surface area contributed by atoms with Gasteiger partial charge in [-0.15, -0.1) is 0 Å². The summed E-state index contributed by atoms with van der Waals surface area (Å²) >= 11 is 0. The number of amides is 1. The summed E-state index contributed by atoms with van der Waals surface area (Å²) in [6.45, 7) is 0.594. The number of anilines is 2. The monoisotopic (exact) mass is 497 g/mol. The van der Waals surface area contributed by atoms with Crippen LogP contribution < -0.4 is 10.6 Å². The van der Waals surface area contributed by atoms with E-state index in [4.69, 9.17) is 5.26 Å². The number of carbonyl (C=O) groups excluding carboxylic acids is 1. The zero-order valence-electron chi connectivity index (χ0n) is 20.9. The van der Waals surface area contributed by atoms with E-state index in [0.717, 1.165) is 52.8 Å². The Morgan fingerprint density at radius 3 is 2.53 bits per heavy atom. The Hall–Kier alpha value is -5.02. The Balaban J connectivity index is 1.21. The summed E-state index contributed by atoms with van der Waals surface area (Å²) in [5.41, 5.74) is 6.37. The van der Waals surface area contributed by atoms with Gasteiger partial charge in [0.1, 0.15) is 12.1 Å². The van der Waals surface area contributed by atoms with Crippen molar-refractivity contribution in [1.82, 2.24) is 15.3 Å². The molecule has 5 aromatic rings. The third kappa shape index (κ3) is 6.03. The van der Waals surface area contributed by atoms with Crippen molar-refractivity contribution in [3.05, 3.63) is 120 Å². The molecule has 5 rings (SSSR count). The van der Waals surface area contributed by atoms with Crippen LogP contribution in [0.15, 0.2) is 103 Å². The van der Waals surface area contributed by atoms with E-state index in [1.165, 1.54) is 5.56 Å². The van der Waals surface area contributed by atoms with Crippen molar-refractivity contribution in [3.8, 4) is 17.2 Å². The summed E-state index contributed by atoms with van der Waals surface area (Å²) < 4.78 is 0.